The SMILES string of the molecule is CN(CCCC(=O)O)C(=O)Nc1ccc(Br)cc1C#N. The molecule has 0 saturated heterocycles. The number of halogens is 1. The van der Waals surface area contributed by atoms with E-state index in [1.54, 1.807) is 25.2 Å². The van der Waals surface area contributed by atoms with E-state index in [2.05, 4.69) is 21.2 Å². The van der Waals surface area contributed by atoms with Crippen LogP contribution in [-0.2, 0) is 4.79 Å². The molecule has 0 atom stereocenters. The number of nitriles is 1. The third kappa shape index (κ3) is 4.90. The maximum absolute atomic E-state index is 11.9. The fraction of sp³-hybridized carbons (Fsp3) is 0.308. The van der Waals surface area contributed by atoms with Crippen LogP contribution in [0.5, 0.6) is 0 Å². The maximum Gasteiger partial charge on any atom is 0.321 e. The lowest BCUT2D eigenvalue weighted by molar-refractivity contribution is -0.137. The van der Waals surface area contributed by atoms with Crippen molar-refractivity contribution in [3.05, 3.63) is 28.2 Å². The molecule has 7 heteroatoms. The molecular weight excluding hydrogens is 326 g/mol. The van der Waals surface area contributed by atoms with Crippen LogP contribution in [0, 0.1) is 11.3 Å². The Balaban J connectivity index is 2.62. The van der Waals surface area contributed by atoms with Crippen molar-refractivity contribution in [1.82, 2.24) is 4.90 Å². The van der Waals surface area contributed by atoms with Gasteiger partial charge in [0.1, 0.15) is 6.07 Å². The maximum atomic E-state index is 11.9. The Morgan fingerprint density at radius 3 is 2.80 bits per heavy atom. The van der Waals surface area contributed by atoms with Crippen molar-refractivity contribution >= 4 is 33.6 Å². The fourth-order valence-corrected chi connectivity index (χ4v) is 1.86. The average Bonchev–Trinajstić information content (AvgIpc) is 2.40. The Labute approximate surface area is 125 Å². The summed E-state index contributed by atoms with van der Waals surface area (Å²) < 4.78 is 0.752. The zero-order valence-corrected chi connectivity index (χ0v) is 12.5. The number of carboxylic acid groups (broad SMARTS) is 1. The van der Waals surface area contributed by atoms with E-state index in [0.29, 0.717) is 24.2 Å². The van der Waals surface area contributed by atoms with Crippen LogP contribution >= 0.6 is 15.9 Å². The summed E-state index contributed by atoms with van der Waals surface area (Å²) in [6.45, 7) is 0.330. The number of rotatable bonds is 5. The van der Waals surface area contributed by atoms with Gasteiger partial charge in [-0.05, 0) is 24.6 Å². The molecule has 6 nitrogen and oxygen atoms in total. The van der Waals surface area contributed by atoms with Crippen molar-refractivity contribution < 1.29 is 14.7 Å². The Morgan fingerprint density at radius 1 is 1.50 bits per heavy atom. The van der Waals surface area contributed by atoms with Gasteiger partial charge in [-0.1, -0.05) is 15.9 Å². The molecule has 0 fully saturated rings. The molecule has 1 aromatic carbocycles. The highest BCUT2D eigenvalue weighted by molar-refractivity contribution is 9.10. The number of aliphatic carboxylic acids is 1. The summed E-state index contributed by atoms with van der Waals surface area (Å²) in [6.07, 6.45) is 0.393. The largest absolute Gasteiger partial charge is 0.481 e. The summed E-state index contributed by atoms with van der Waals surface area (Å²) in [6, 6.07) is 6.58. The minimum absolute atomic E-state index is 0.0132. The first-order valence-corrected chi connectivity index (χ1v) is 6.67. The van der Waals surface area contributed by atoms with Crippen LogP contribution in [0.3, 0.4) is 0 Å². The fourth-order valence-electron chi connectivity index (χ4n) is 1.50. The zero-order valence-electron chi connectivity index (χ0n) is 10.9. The van der Waals surface area contributed by atoms with E-state index < -0.39 is 5.97 Å². The number of carbonyl (C=O) groups excluding carboxylic acids is 1. The predicted molar refractivity (Wildman–Crippen MR) is 77.4 cm³/mol. The Bertz CT molecular complexity index is 554. The molecule has 0 aliphatic rings. The van der Waals surface area contributed by atoms with Gasteiger partial charge in [-0.25, -0.2) is 4.79 Å². The molecule has 2 amide bonds. The molecule has 0 spiro atoms. The van der Waals surface area contributed by atoms with Crippen LogP contribution < -0.4 is 5.32 Å². The first-order chi connectivity index (χ1) is 9.43. The van der Waals surface area contributed by atoms with Gasteiger partial charge in [0.05, 0.1) is 11.3 Å². The highest BCUT2D eigenvalue weighted by atomic mass is 79.9. The van der Waals surface area contributed by atoms with Crippen LogP contribution in [-0.4, -0.2) is 35.6 Å². The van der Waals surface area contributed by atoms with Gasteiger partial charge < -0.3 is 15.3 Å². The van der Waals surface area contributed by atoms with Crippen molar-refractivity contribution in [3.8, 4) is 6.07 Å². The van der Waals surface area contributed by atoms with Gasteiger partial charge in [-0.15, -0.1) is 0 Å². The van der Waals surface area contributed by atoms with E-state index in [1.807, 2.05) is 6.07 Å². The summed E-state index contributed by atoms with van der Waals surface area (Å²) in [5.74, 6) is -0.890. The normalized spacial score (nSPS) is 9.65. The number of benzene rings is 1. The molecule has 1 rings (SSSR count). The third-order valence-electron chi connectivity index (χ3n) is 2.57. The molecule has 0 saturated carbocycles. The first-order valence-electron chi connectivity index (χ1n) is 5.87. The van der Waals surface area contributed by atoms with E-state index >= 15 is 0 Å². The molecule has 0 radical (unpaired) electrons. The number of urea groups is 1. The first kappa shape index (κ1) is 16.0. The van der Waals surface area contributed by atoms with Gasteiger partial charge in [0.15, 0.2) is 0 Å². The number of anilines is 1. The molecule has 0 unspecified atom stereocenters. The number of nitrogens with zero attached hydrogens (tertiary/aromatic N) is 2. The standard InChI is InChI=1S/C13H14BrN3O3/c1-17(6-2-3-12(18)19)13(20)16-11-5-4-10(14)7-9(11)8-15/h4-5,7H,2-3,6H2,1H3,(H,16,20)(H,18,19). The molecule has 106 valence electrons. The van der Waals surface area contributed by atoms with E-state index in [1.165, 1.54) is 4.90 Å². The third-order valence-corrected chi connectivity index (χ3v) is 3.07. The Hall–Kier alpha value is -2.07. The Kier molecular flexibility index (Phi) is 6.00. The smallest absolute Gasteiger partial charge is 0.321 e. The summed E-state index contributed by atoms with van der Waals surface area (Å²) in [4.78, 5) is 23.7. The lowest BCUT2D eigenvalue weighted by atomic mass is 10.2. The molecule has 0 bridgehead atoms. The summed E-state index contributed by atoms with van der Waals surface area (Å²) in [5, 5.41) is 20.2. The Morgan fingerprint density at radius 2 is 2.20 bits per heavy atom. The highest BCUT2D eigenvalue weighted by Crippen LogP contribution is 2.20. The second kappa shape index (κ2) is 7.50. The van der Waals surface area contributed by atoms with Crippen molar-refractivity contribution in [3.63, 3.8) is 0 Å². The number of carboxylic acids is 1. The quantitative estimate of drug-likeness (QED) is 0.862. The second-order valence-electron chi connectivity index (χ2n) is 4.15. The summed E-state index contributed by atoms with van der Waals surface area (Å²) in [7, 11) is 1.57. The molecule has 0 aliphatic heterocycles. The minimum atomic E-state index is -0.890. The number of hydrogen-bond donors (Lipinski definition) is 2. The van der Waals surface area contributed by atoms with Crippen LogP contribution in [0.1, 0.15) is 18.4 Å². The molecule has 2 N–H and O–H groups in total. The van der Waals surface area contributed by atoms with Gasteiger partial charge in [-0.3, -0.25) is 4.79 Å². The topological polar surface area (TPSA) is 93.4 Å². The van der Waals surface area contributed by atoms with E-state index in [4.69, 9.17) is 10.4 Å². The van der Waals surface area contributed by atoms with Crippen LogP contribution in [0.15, 0.2) is 22.7 Å². The van der Waals surface area contributed by atoms with Gasteiger partial charge in [0, 0.05) is 24.5 Å². The molecule has 0 aromatic heterocycles. The van der Waals surface area contributed by atoms with Crippen molar-refractivity contribution in [2.24, 2.45) is 0 Å². The van der Waals surface area contributed by atoms with Gasteiger partial charge >= 0.3 is 12.0 Å². The van der Waals surface area contributed by atoms with E-state index in [9.17, 15) is 9.59 Å². The van der Waals surface area contributed by atoms with Crippen LogP contribution in [0.2, 0.25) is 0 Å². The van der Waals surface area contributed by atoms with Gasteiger partial charge in [-0.2, -0.15) is 5.26 Å². The summed E-state index contributed by atoms with van der Waals surface area (Å²) >= 11 is 3.25. The number of nitrogens with one attached hydrogen (secondary N) is 1. The number of hydrogen-bond acceptors (Lipinski definition) is 3. The lowest BCUT2D eigenvalue weighted by Crippen LogP contribution is -2.32. The van der Waals surface area contributed by atoms with E-state index in [-0.39, 0.29) is 12.5 Å². The average molecular weight is 340 g/mol. The van der Waals surface area contributed by atoms with Crippen molar-refractivity contribution in [2.75, 3.05) is 18.9 Å². The van der Waals surface area contributed by atoms with E-state index in [0.717, 1.165) is 4.47 Å². The second-order valence-corrected chi connectivity index (χ2v) is 5.07. The van der Waals surface area contributed by atoms with Gasteiger partial charge in [0.25, 0.3) is 0 Å². The minimum Gasteiger partial charge on any atom is -0.481 e. The molecular formula is C13H14BrN3O3. The molecule has 0 heterocycles. The number of amides is 2. The van der Waals surface area contributed by atoms with Crippen molar-refractivity contribution in [2.45, 2.75) is 12.8 Å². The summed E-state index contributed by atoms with van der Waals surface area (Å²) in [5.41, 5.74) is 0.775. The van der Waals surface area contributed by atoms with Crippen molar-refractivity contribution in [1.29, 1.82) is 5.26 Å². The monoisotopic (exact) mass is 339 g/mol. The lowest BCUT2D eigenvalue weighted by Gasteiger charge is -2.18. The molecule has 20 heavy (non-hydrogen) atoms. The molecule has 1 aromatic rings. The number of carbonyl (C=O) groups is 2. The zero-order chi connectivity index (χ0) is 15.1. The predicted octanol–water partition coefficient (Wildman–Crippen LogP) is 2.65. The van der Waals surface area contributed by atoms with Crippen LogP contribution in [0.25, 0.3) is 0 Å². The van der Waals surface area contributed by atoms with Crippen LogP contribution in [0.4, 0.5) is 10.5 Å². The van der Waals surface area contributed by atoms with Gasteiger partial charge in [0.2, 0.25) is 0 Å². The molecule has 0 aliphatic carbocycles. The highest BCUT2D eigenvalue weighted by Gasteiger charge is 2.11.